The molecule has 0 radical (unpaired) electrons. The van der Waals surface area contributed by atoms with Gasteiger partial charge in [-0.15, -0.1) is 0 Å². The maximum absolute atomic E-state index is 12.3. The summed E-state index contributed by atoms with van der Waals surface area (Å²) in [5.74, 6) is 0.425. The third kappa shape index (κ3) is 5.68. The van der Waals surface area contributed by atoms with Gasteiger partial charge in [-0.3, -0.25) is 14.9 Å². The molecule has 1 aromatic heterocycles. The van der Waals surface area contributed by atoms with Crippen LogP contribution in [0.3, 0.4) is 0 Å². The number of fused-ring (bicyclic) bond motifs is 1. The van der Waals surface area contributed by atoms with Crippen molar-refractivity contribution in [3.63, 3.8) is 0 Å². The number of amides is 2. The molecule has 1 saturated heterocycles. The number of carbonyl (C=O) groups is 2. The van der Waals surface area contributed by atoms with Crippen LogP contribution < -0.4 is 10.2 Å². The van der Waals surface area contributed by atoms with Crippen molar-refractivity contribution in [2.75, 3.05) is 57.0 Å². The SMILES string of the molecule is CN1CCN(CCCn2c(NC(=O)C/C=C/Br)nc3cc(N(C)C=O)ccc32)CC1. The monoisotopic (exact) mass is 476 g/mol. The maximum atomic E-state index is 12.3. The lowest BCUT2D eigenvalue weighted by Gasteiger charge is -2.32. The van der Waals surface area contributed by atoms with Gasteiger partial charge in [0.15, 0.2) is 0 Å². The molecule has 2 amide bonds. The summed E-state index contributed by atoms with van der Waals surface area (Å²) < 4.78 is 2.06. The first kappa shape index (κ1) is 22.5. The number of benzene rings is 1. The summed E-state index contributed by atoms with van der Waals surface area (Å²) >= 11 is 3.19. The summed E-state index contributed by atoms with van der Waals surface area (Å²) in [7, 11) is 3.86. The Kier molecular flexibility index (Phi) is 8.01. The summed E-state index contributed by atoms with van der Waals surface area (Å²) in [6, 6.07) is 5.73. The first-order valence-corrected chi connectivity index (χ1v) is 11.1. The second-order valence-electron chi connectivity index (χ2n) is 7.59. The molecule has 162 valence electrons. The van der Waals surface area contributed by atoms with Gasteiger partial charge in [-0.1, -0.05) is 22.0 Å². The van der Waals surface area contributed by atoms with E-state index in [4.69, 9.17) is 0 Å². The first-order valence-electron chi connectivity index (χ1n) is 10.2. The Morgan fingerprint density at radius 2 is 2.03 bits per heavy atom. The van der Waals surface area contributed by atoms with Crippen LogP contribution in [0.25, 0.3) is 11.0 Å². The van der Waals surface area contributed by atoms with Gasteiger partial charge in [-0.05, 0) is 43.2 Å². The van der Waals surface area contributed by atoms with Crippen LogP contribution in [0.5, 0.6) is 0 Å². The van der Waals surface area contributed by atoms with Crippen LogP contribution in [0.2, 0.25) is 0 Å². The number of nitrogens with zero attached hydrogens (tertiary/aromatic N) is 5. The summed E-state index contributed by atoms with van der Waals surface area (Å²) in [5, 5.41) is 2.93. The minimum atomic E-state index is -0.119. The summed E-state index contributed by atoms with van der Waals surface area (Å²) in [5.41, 5.74) is 2.47. The van der Waals surface area contributed by atoms with Crippen LogP contribution in [0.4, 0.5) is 11.6 Å². The molecule has 30 heavy (non-hydrogen) atoms. The zero-order chi connectivity index (χ0) is 21.5. The Labute approximate surface area is 185 Å². The Balaban J connectivity index is 1.78. The number of aromatic nitrogens is 2. The second-order valence-corrected chi connectivity index (χ2v) is 8.12. The molecule has 0 unspecified atom stereocenters. The van der Waals surface area contributed by atoms with E-state index in [1.54, 1.807) is 18.1 Å². The molecule has 2 aromatic rings. The molecule has 0 bridgehead atoms. The molecule has 0 spiro atoms. The smallest absolute Gasteiger partial charge is 0.230 e. The highest BCUT2D eigenvalue weighted by Crippen LogP contribution is 2.25. The fourth-order valence-corrected chi connectivity index (χ4v) is 3.76. The molecule has 2 heterocycles. The number of aryl methyl sites for hydroxylation is 1. The van der Waals surface area contributed by atoms with E-state index >= 15 is 0 Å². The van der Waals surface area contributed by atoms with Crippen LogP contribution in [0.1, 0.15) is 12.8 Å². The van der Waals surface area contributed by atoms with Gasteiger partial charge in [0.1, 0.15) is 0 Å². The highest BCUT2D eigenvalue weighted by molar-refractivity contribution is 9.11. The lowest BCUT2D eigenvalue weighted by molar-refractivity contribution is -0.115. The van der Waals surface area contributed by atoms with Crippen molar-refractivity contribution in [2.45, 2.75) is 19.4 Å². The van der Waals surface area contributed by atoms with Crippen molar-refractivity contribution in [3.8, 4) is 0 Å². The molecule has 1 aliphatic rings. The van der Waals surface area contributed by atoms with Gasteiger partial charge in [-0.2, -0.15) is 0 Å². The minimum absolute atomic E-state index is 0.119. The molecule has 9 heteroatoms. The standard InChI is InChI=1S/C21H29BrN6O2/c1-25-11-13-27(14-12-25)9-4-10-28-19-7-6-17(26(2)16-29)15-18(19)23-21(28)24-20(30)5-3-8-22/h3,6-8,15-16H,4-5,9-14H2,1-2H3,(H,23,24,30)/b8-3+. The predicted octanol–water partition coefficient (Wildman–Crippen LogP) is 2.50. The average molecular weight is 477 g/mol. The summed E-state index contributed by atoms with van der Waals surface area (Å²) in [4.78, 5) is 36.0. The van der Waals surface area contributed by atoms with Gasteiger partial charge < -0.3 is 19.3 Å². The Morgan fingerprint density at radius 1 is 1.27 bits per heavy atom. The van der Waals surface area contributed by atoms with Crippen LogP contribution in [0, 0.1) is 0 Å². The zero-order valence-electron chi connectivity index (χ0n) is 17.6. The summed E-state index contributed by atoms with van der Waals surface area (Å²) in [6.07, 6.45) is 3.75. The number of piperazine rings is 1. The number of carbonyl (C=O) groups excluding carboxylic acids is 2. The lowest BCUT2D eigenvalue weighted by atomic mass is 10.2. The third-order valence-electron chi connectivity index (χ3n) is 5.39. The number of anilines is 2. The summed E-state index contributed by atoms with van der Waals surface area (Å²) in [6.45, 7) is 6.15. The predicted molar refractivity (Wildman–Crippen MR) is 124 cm³/mol. The molecule has 1 N–H and O–H groups in total. The third-order valence-corrected chi connectivity index (χ3v) is 5.77. The fraction of sp³-hybridized carbons (Fsp3) is 0.476. The number of imidazole rings is 1. The number of likely N-dealkylation sites (N-methyl/N-ethyl adjacent to an activating group) is 1. The van der Waals surface area contributed by atoms with Crippen LogP contribution in [-0.4, -0.2) is 78.5 Å². The number of rotatable bonds is 9. The Hall–Kier alpha value is -2.23. The van der Waals surface area contributed by atoms with Crippen LogP contribution >= 0.6 is 15.9 Å². The number of hydrogen-bond acceptors (Lipinski definition) is 5. The van der Waals surface area contributed by atoms with Gasteiger partial charge in [0.25, 0.3) is 0 Å². The van der Waals surface area contributed by atoms with Crippen molar-refractivity contribution in [3.05, 3.63) is 29.3 Å². The van der Waals surface area contributed by atoms with Crippen LogP contribution in [0.15, 0.2) is 29.3 Å². The molecule has 1 fully saturated rings. The van der Waals surface area contributed by atoms with Gasteiger partial charge >= 0.3 is 0 Å². The zero-order valence-corrected chi connectivity index (χ0v) is 19.1. The minimum Gasteiger partial charge on any atom is -0.318 e. The lowest BCUT2D eigenvalue weighted by Crippen LogP contribution is -2.44. The Bertz CT molecular complexity index is 904. The van der Waals surface area contributed by atoms with Crippen molar-refractivity contribution in [2.24, 2.45) is 0 Å². The molecular formula is C21H29BrN6O2. The molecule has 3 rings (SSSR count). The maximum Gasteiger partial charge on any atom is 0.230 e. The average Bonchev–Trinajstić information content (AvgIpc) is 3.09. The van der Waals surface area contributed by atoms with Crippen molar-refractivity contribution in [1.82, 2.24) is 19.4 Å². The van der Waals surface area contributed by atoms with E-state index in [1.165, 1.54) is 4.90 Å². The first-order chi connectivity index (χ1) is 14.5. The van der Waals surface area contributed by atoms with Gasteiger partial charge in [-0.25, -0.2) is 4.98 Å². The van der Waals surface area contributed by atoms with E-state index in [-0.39, 0.29) is 12.3 Å². The van der Waals surface area contributed by atoms with E-state index in [1.807, 2.05) is 18.2 Å². The number of halogens is 1. The fourth-order valence-electron chi connectivity index (χ4n) is 3.57. The highest BCUT2D eigenvalue weighted by Gasteiger charge is 2.16. The topological polar surface area (TPSA) is 73.7 Å². The van der Waals surface area contributed by atoms with E-state index in [9.17, 15) is 9.59 Å². The molecular weight excluding hydrogens is 448 g/mol. The normalized spacial score (nSPS) is 15.7. The van der Waals surface area contributed by atoms with Gasteiger partial charge in [0.05, 0.1) is 11.0 Å². The molecule has 1 aromatic carbocycles. The van der Waals surface area contributed by atoms with Crippen molar-refractivity contribution >= 4 is 50.9 Å². The molecule has 1 aliphatic heterocycles. The van der Waals surface area contributed by atoms with E-state index < -0.39 is 0 Å². The van der Waals surface area contributed by atoms with E-state index in [2.05, 4.69) is 47.6 Å². The molecule has 0 aliphatic carbocycles. The van der Waals surface area contributed by atoms with Crippen LogP contribution in [-0.2, 0) is 16.1 Å². The quantitative estimate of drug-likeness (QED) is 0.562. The molecule has 0 saturated carbocycles. The van der Waals surface area contributed by atoms with E-state index in [0.29, 0.717) is 5.95 Å². The van der Waals surface area contributed by atoms with Crippen molar-refractivity contribution < 1.29 is 9.59 Å². The number of nitrogens with one attached hydrogen (secondary N) is 1. The largest absolute Gasteiger partial charge is 0.318 e. The van der Waals surface area contributed by atoms with Gasteiger partial charge in [0, 0.05) is 51.9 Å². The van der Waals surface area contributed by atoms with Crippen molar-refractivity contribution in [1.29, 1.82) is 0 Å². The molecule has 8 nitrogen and oxygen atoms in total. The number of hydrogen-bond donors (Lipinski definition) is 1. The van der Waals surface area contributed by atoms with Gasteiger partial charge in [0.2, 0.25) is 18.3 Å². The highest BCUT2D eigenvalue weighted by atomic mass is 79.9. The van der Waals surface area contributed by atoms with E-state index in [0.717, 1.165) is 68.8 Å². The molecule has 0 atom stereocenters. The Morgan fingerprint density at radius 3 is 2.73 bits per heavy atom. The second kappa shape index (κ2) is 10.7.